The number of thiophene rings is 1. The third-order valence-electron chi connectivity index (χ3n) is 5.70. The number of nitrogens with two attached hydrogens (primary N) is 1. The topological polar surface area (TPSA) is 90.4 Å². The number of carbonyl (C=O) groups is 1. The van der Waals surface area contributed by atoms with Gasteiger partial charge in [-0.1, -0.05) is 12.5 Å². The zero-order chi connectivity index (χ0) is 21.4. The van der Waals surface area contributed by atoms with Crippen molar-refractivity contribution in [3.63, 3.8) is 0 Å². The Kier molecular flexibility index (Phi) is 5.11. The molecule has 4 aromatic rings. The summed E-state index contributed by atoms with van der Waals surface area (Å²) in [5, 5.41) is 3.74. The van der Waals surface area contributed by atoms with Gasteiger partial charge in [0, 0.05) is 28.4 Å². The van der Waals surface area contributed by atoms with Gasteiger partial charge in [0.15, 0.2) is 0 Å². The van der Waals surface area contributed by atoms with Crippen LogP contribution in [-0.4, -0.2) is 18.0 Å². The van der Waals surface area contributed by atoms with Crippen LogP contribution in [0.5, 0.6) is 5.75 Å². The molecule has 1 amide bonds. The first-order chi connectivity index (χ1) is 15.2. The number of anilines is 2. The zero-order valence-electron chi connectivity index (χ0n) is 17.2. The molecule has 1 aromatic carbocycles. The van der Waals surface area contributed by atoms with Gasteiger partial charge in [0.2, 0.25) is 0 Å². The minimum absolute atomic E-state index is 0.255. The summed E-state index contributed by atoms with van der Waals surface area (Å²) in [7, 11) is 1.59. The second-order valence-corrected chi connectivity index (χ2v) is 8.66. The summed E-state index contributed by atoms with van der Waals surface area (Å²) in [5.74, 6) is 1.19. The van der Waals surface area contributed by atoms with Crippen molar-refractivity contribution in [2.24, 2.45) is 0 Å². The van der Waals surface area contributed by atoms with E-state index in [0.29, 0.717) is 22.0 Å². The van der Waals surface area contributed by atoms with Crippen molar-refractivity contribution >= 4 is 38.8 Å². The van der Waals surface area contributed by atoms with Gasteiger partial charge in [-0.05, 0) is 55.5 Å². The van der Waals surface area contributed by atoms with Crippen molar-refractivity contribution in [3.8, 4) is 17.1 Å². The number of nitrogens with zero attached hydrogens (tertiary/aromatic N) is 1. The standard InChI is InChI=1S/C24H23N3O3S/c1-29-15-8-5-7-14(13-15)26-23(28)22-21(25)20-19(18-11-6-12-30-18)16-9-3-2-4-10-17(16)27-24(20)31-22/h5-8,11-13H,2-4,9-10,25H2,1H3,(H,26,28). The Balaban J connectivity index is 1.63. The zero-order valence-corrected chi connectivity index (χ0v) is 18.1. The molecule has 6 nitrogen and oxygen atoms in total. The quantitative estimate of drug-likeness (QED) is 0.405. The first-order valence-electron chi connectivity index (χ1n) is 10.4. The molecule has 0 unspecified atom stereocenters. The van der Waals surface area contributed by atoms with E-state index in [4.69, 9.17) is 19.9 Å². The molecule has 0 spiro atoms. The predicted octanol–water partition coefficient (Wildman–Crippen LogP) is 5.67. The lowest BCUT2D eigenvalue weighted by Gasteiger charge is -2.12. The first-order valence-corrected chi connectivity index (χ1v) is 11.2. The number of amides is 1. The molecule has 1 aliphatic rings. The molecule has 1 aliphatic carbocycles. The van der Waals surface area contributed by atoms with E-state index >= 15 is 0 Å². The van der Waals surface area contributed by atoms with Gasteiger partial charge in [-0.3, -0.25) is 4.79 Å². The molecule has 7 heteroatoms. The molecule has 0 saturated carbocycles. The highest BCUT2D eigenvalue weighted by atomic mass is 32.1. The smallest absolute Gasteiger partial charge is 0.267 e. The molecule has 0 atom stereocenters. The van der Waals surface area contributed by atoms with Gasteiger partial charge in [-0.25, -0.2) is 4.98 Å². The van der Waals surface area contributed by atoms with E-state index in [1.54, 1.807) is 19.4 Å². The lowest BCUT2D eigenvalue weighted by atomic mass is 9.96. The number of methoxy groups -OCH3 is 1. The number of fused-ring (bicyclic) bond motifs is 2. The van der Waals surface area contributed by atoms with Gasteiger partial charge in [0.05, 0.1) is 19.1 Å². The second-order valence-electron chi connectivity index (χ2n) is 7.66. The van der Waals surface area contributed by atoms with Crippen LogP contribution in [0.3, 0.4) is 0 Å². The molecule has 0 radical (unpaired) electrons. The minimum atomic E-state index is -0.255. The molecular weight excluding hydrogens is 410 g/mol. The fraction of sp³-hybridized carbons (Fsp3) is 0.250. The molecule has 0 bridgehead atoms. The number of furan rings is 1. The Bertz CT molecular complexity index is 1260. The number of rotatable bonds is 4. The Morgan fingerprint density at radius 2 is 2.06 bits per heavy atom. The SMILES string of the molecule is COc1cccc(NC(=O)c2sc3nc4c(c(-c5ccco5)c3c2N)CCCCC4)c1. The number of benzene rings is 1. The number of hydrogen-bond donors (Lipinski definition) is 2. The maximum absolute atomic E-state index is 13.1. The largest absolute Gasteiger partial charge is 0.497 e. The molecule has 3 N–H and O–H groups in total. The molecule has 31 heavy (non-hydrogen) atoms. The fourth-order valence-corrected chi connectivity index (χ4v) is 5.25. The highest BCUT2D eigenvalue weighted by molar-refractivity contribution is 7.21. The van der Waals surface area contributed by atoms with Crippen molar-refractivity contribution < 1.29 is 13.9 Å². The fourth-order valence-electron chi connectivity index (χ4n) is 4.23. The van der Waals surface area contributed by atoms with Crippen molar-refractivity contribution in [1.29, 1.82) is 0 Å². The van der Waals surface area contributed by atoms with E-state index in [9.17, 15) is 4.79 Å². The lowest BCUT2D eigenvalue weighted by Crippen LogP contribution is -2.12. The average Bonchev–Trinajstić information content (AvgIpc) is 3.35. The molecule has 158 valence electrons. The molecule has 0 aliphatic heterocycles. The predicted molar refractivity (Wildman–Crippen MR) is 124 cm³/mol. The van der Waals surface area contributed by atoms with Gasteiger partial charge in [-0.2, -0.15) is 0 Å². The summed E-state index contributed by atoms with van der Waals surface area (Å²) in [6.07, 6.45) is 6.96. The Labute approximate surface area is 184 Å². The third kappa shape index (κ3) is 3.55. The van der Waals surface area contributed by atoms with Crippen LogP contribution in [0.25, 0.3) is 21.5 Å². The van der Waals surface area contributed by atoms with Crippen LogP contribution in [0.15, 0.2) is 47.1 Å². The molecule has 5 rings (SSSR count). The lowest BCUT2D eigenvalue weighted by molar-refractivity contribution is 0.103. The normalized spacial score (nSPS) is 13.6. The van der Waals surface area contributed by atoms with Crippen molar-refractivity contribution in [2.45, 2.75) is 32.1 Å². The van der Waals surface area contributed by atoms with Crippen LogP contribution in [0.2, 0.25) is 0 Å². The van der Waals surface area contributed by atoms with E-state index in [0.717, 1.165) is 52.9 Å². The third-order valence-corrected chi connectivity index (χ3v) is 6.80. The van der Waals surface area contributed by atoms with E-state index in [1.807, 2.05) is 30.3 Å². The summed E-state index contributed by atoms with van der Waals surface area (Å²) in [5.41, 5.74) is 11.0. The average molecular weight is 434 g/mol. The Hall–Kier alpha value is -3.32. The first kappa shape index (κ1) is 19.6. The van der Waals surface area contributed by atoms with Crippen LogP contribution in [0, 0.1) is 0 Å². The molecule has 0 fully saturated rings. The van der Waals surface area contributed by atoms with E-state index in [2.05, 4.69) is 5.32 Å². The van der Waals surface area contributed by atoms with Crippen molar-refractivity contribution in [1.82, 2.24) is 4.98 Å². The van der Waals surface area contributed by atoms with Gasteiger partial charge in [0.1, 0.15) is 21.2 Å². The van der Waals surface area contributed by atoms with Crippen molar-refractivity contribution in [3.05, 3.63) is 58.8 Å². The number of nitrogens with one attached hydrogen (secondary N) is 1. The second kappa shape index (κ2) is 8.07. The minimum Gasteiger partial charge on any atom is -0.497 e. The number of ether oxygens (including phenoxy) is 1. The Morgan fingerprint density at radius 3 is 2.87 bits per heavy atom. The van der Waals surface area contributed by atoms with E-state index in [-0.39, 0.29) is 5.91 Å². The number of aromatic nitrogens is 1. The maximum atomic E-state index is 13.1. The number of nitrogen functional groups attached to an aromatic ring is 1. The number of hydrogen-bond acceptors (Lipinski definition) is 6. The van der Waals surface area contributed by atoms with E-state index < -0.39 is 0 Å². The van der Waals surface area contributed by atoms with Crippen LogP contribution in [0.4, 0.5) is 11.4 Å². The monoisotopic (exact) mass is 433 g/mol. The van der Waals surface area contributed by atoms with Gasteiger partial charge >= 0.3 is 0 Å². The molecule has 3 aromatic heterocycles. The summed E-state index contributed by atoms with van der Waals surface area (Å²) < 4.78 is 11.0. The summed E-state index contributed by atoms with van der Waals surface area (Å²) in [4.78, 5) is 19.3. The number of pyridine rings is 1. The maximum Gasteiger partial charge on any atom is 0.267 e. The highest BCUT2D eigenvalue weighted by Crippen LogP contribution is 2.43. The number of carbonyl (C=O) groups excluding carboxylic acids is 1. The van der Waals surface area contributed by atoms with Gasteiger partial charge in [-0.15, -0.1) is 11.3 Å². The summed E-state index contributed by atoms with van der Waals surface area (Å²) in [6.45, 7) is 0. The molecule has 0 saturated heterocycles. The Morgan fingerprint density at radius 1 is 1.19 bits per heavy atom. The highest BCUT2D eigenvalue weighted by Gasteiger charge is 2.26. The van der Waals surface area contributed by atoms with Crippen LogP contribution in [-0.2, 0) is 12.8 Å². The molecule has 3 heterocycles. The van der Waals surface area contributed by atoms with Crippen molar-refractivity contribution in [2.75, 3.05) is 18.2 Å². The summed E-state index contributed by atoms with van der Waals surface area (Å²) in [6, 6.07) is 11.1. The van der Waals surface area contributed by atoms with E-state index in [1.165, 1.54) is 23.3 Å². The van der Waals surface area contributed by atoms with Crippen LogP contribution < -0.4 is 15.8 Å². The van der Waals surface area contributed by atoms with Gasteiger partial charge in [0.25, 0.3) is 5.91 Å². The van der Waals surface area contributed by atoms with Crippen LogP contribution >= 0.6 is 11.3 Å². The van der Waals surface area contributed by atoms with Gasteiger partial charge < -0.3 is 20.2 Å². The summed E-state index contributed by atoms with van der Waals surface area (Å²) >= 11 is 1.33. The number of aryl methyl sites for hydroxylation is 1. The van der Waals surface area contributed by atoms with Crippen LogP contribution in [0.1, 0.15) is 40.2 Å². The molecular formula is C24H23N3O3S.